The predicted octanol–water partition coefficient (Wildman–Crippen LogP) is 1.62. The number of nitrogens with two attached hydrogens (primary N) is 1. The van der Waals surface area contributed by atoms with Gasteiger partial charge in [-0.3, -0.25) is 4.98 Å². The van der Waals surface area contributed by atoms with Crippen LogP contribution in [0.5, 0.6) is 5.75 Å². The molecule has 0 aromatic carbocycles. The molecule has 0 bridgehead atoms. The Kier molecular flexibility index (Phi) is 4.10. The van der Waals surface area contributed by atoms with E-state index < -0.39 is 10.0 Å². The van der Waals surface area contributed by atoms with Gasteiger partial charge in [0.25, 0.3) is 0 Å². The number of ether oxygens (including phenoxy) is 1. The zero-order valence-corrected chi connectivity index (χ0v) is 11.9. The number of primary sulfonamides is 1. The molecular formula is C13H20N2O3S. The molecule has 1 fully saturated rings. The van der Waals surface area contributed by atoms with Gasteiger partial charge in [0.2, 0.25) is 10.0 Å². The van der Waals surface area contributed by atoms with Crippen LogP contribution in [-0.2, 0) is 10.0 Å². The van der Waals surface area contributed by atoms with E-state index in [1.54, 1.807) is 6.20 Å². The zero-order chi connectivity index (χ0) is 13.9. The van der Waals surface area contributed by atoms with Crippen LogP contribution in [0, 0.1) is 12.3 Å². The first-order valence-corrected chi connectivity index (χ1v) is 8.17. The lowest BCUT2D eigenvalue weighted by atomic mass is 9.90. The Balaban J connectivity index is 2.08. The molecule has 2 N–H and O–H groups in total. The van der Waals surface area contributed by atoms with E-state index in [2.05, 4.69) is 4.98 Å². The van der Waals surface area contributed by atoms with Crippen LogP contribution in [0.1, 0.15) is 31.4 Å². The minimum absolute atomic E-state index is 0.000685. The van der Waals surface area contributed by atoms with E-state index in [1.165, 1.54) is 0 Å². The molecule has 0 radical (unpaired) electrons. The summed E-state index contributed by atoms with van der Waals surface area (Å²) in [4.78, 5) is 4.15. The maximum Gasteiger partial charge on any atom is 0.209 e. The van der Waals surface area contributed by atoms with Gasteiger partial charge in [0.1, 0.15) is 5.75 Å². The summed E-state index contributed by atoms with van der Waals surface area (Å²) in [6, 6.07) is 3.66. The molecule has 1 aliphatic carbocycles. The standard InChI is InChI=1S/C13H20N2O3S/c1-11-12(5-4-8-15-11)18-9-13(6-2-3-7-13)10-19(14,16)17/h4-5,8H,2-3,6-7,9-10H2,1H3,(H2,14,16,17). The normalized spacial score (nSPS) is 18.4. The van der Waals surface area contributed by atoms with Crippen LogP contribution in [-0.4, -0.2) is 25.8 Å². The molecule has 0 aliphatic heterocycles. The molecule has 0 amide bonds. The number of aryl methyl sites for hydroxylation is 1. The molecule has 0 atom stereocenters. The first-order valence-electron chi connectivity index (χ1n) is 6.45. The Bertz CT molecular complexity index is 537. The van der Waals surface area contributed by atoms with Gasteiger partial charge in [0, 0.05) is 11.6 Å². The molecule has 1 aromatic heterocycles. The van der Waals surface area contributed by atoms with Crippen LogP contribution in [0.3, 0.4) is 0 Å². The molecule has 1 heterocycles. The Hall–Kier alpha value is -1.14. The number of hydrogen-bond donors (Lipinski definition) is 1. The highest BCUT2D eigenvalue weighted by molar-refractivity contribution is 7.89. The summed E-state index contributed by atoms with van der Waals surface area (Å²) in [5, 5.41) is 5.20. The van der Waals surface area contributed by atoms with Crippen LogP contribution in [0.15, 0.2) is 18.3 Å². The number of sulfonamides is 1. The quantitative estimate of drug-likeness (QED) is 0.890. The van der Waals surface area contributed by atoms with Crippen molar-refractivity contribution in [2.24, 2.45) is 10.6 Å². The number of nitrogens with zero attached hydrogens (tertiary/aromatic N) is 1. The molecule has 0 spiro atoms. The monoisotopic (exact) mass is 284 g/mol. The molecule has 106 valence electrons. The molecule has 0 saturated heterocycles. The van der Waals surface area contributed by atoms with Crippen molar-refractivity contribution in [2.45, 2.75) is 32.6 Å². The molecule has 1 aliphatic rings. The second-order valence-electron chi connectivity index (χ2n) is 5.39. The molecule has 5 nitrogen and oxygen atoms in total. The van der Waals surface area contributed by atoms with Gasteiger partial charge in [-0.25, -0.2) is 13.6 Å². The van der Waals surface area contributed by atoms with E-state index in [0.717, 1.165) is 31.4 Å². The fourth-order valence-corrected chi connectivity index (χ4v) is 3.96. The van der Waals surface area contributed by atoms with E-state index in [1.807, 2.05) is 19.1 Å². The maximum absolute atomic E-state index is 11.4. The number of pyridine rings is 1. The summed E-state index contributed by atoms with van der Waals surface area (Å²) in [5.41, 5.74) is 0.474. The smallest absolute Gasteiger partial charge is 0.209 e. The third-order valence-electron chi connectivity index (χ3n) is 3.66. The highest BCUT2D eigenvalue weighted by Crippen LogP contribution is 2.39. The van der Waals surface area contributed by atoms with Crippen LogP contribution < -0.4 is 9.88 Å². The average molecular weight is 284 g/mol. The van der Waals surface area contributed by atoms with Gasteiger partial charge in [-0.1, -0.05) is 12.8 Å². The SMILES string of the molecule is Cc1ncccc1OCC1(CS(N)(=O)=O)CCCC1. The Morgan fingerprint density at radius 2 is 2.11 bits per heavy atom. The van der Waals surface area contributed by atoms with Gasteiger partial charge in [-0.2, -0.15) is 0 Å². The van der Waals surface area contributed by atoms with Crippen molar-refractivity contribution in [3.8, 4) is 5.75 Å². The van der Waals surface area contributed by atoms with Crippen molar-refractivity contribution >= 4 is 10.0 Å². The fraction of sp³-hybridized carbons (Fsp3) is 0.615. The summed E-state index contributed by atoms with van der Waals surface area (Å²) < 4.78 is 28.5. The molecule has 2 rings (SSSR count). The van der Waals surface area contributed by atoms with Gasteiger partial charge < -0.3 is 4.74 Å². The largest absolute Gasteiger partial charge is 0.491 e. The third kappa shape index (κ3) is 3.91. The first-order chi connectivity index (χ1) is 8.90. The summed E-state index contributed by atoms with van der Waals surface area (Å²) in [7, 11) is -3.48. The Morgan fingerprint density at radius 3 is 2.68 bits per heavy atom. The van der Waals surface area contributed by atoms with Crippen molar-refractivity contribution in [1.29, 1.82) is 0 Å². The molecule has 1 aromatic rings. The van der Waals surface area contributed by atoms with Crippen molar-refractivity contribution in [3.63, 3.8) is 0 Å². The van der Waals surface area contributed by atoms with E-state index in [9.17, 15) is 8.42 Å². The van der Waals surface area contributed by atoms with Crippen molar-refractivity contribution in [1.82, 2.24) is 4.98 Å². The summed E-state index contributed by atoms with van der Waals surface area (Å²) >= 11 is 0. The molecule has 0 unspecified atom stereocenters. The van der Waals surface area contributed by atoms with Crippen LogP contribution >= 0.6 is 0 Å². The average Bonchev–Trinajstić information content (AvgIpc) is 2.74. The fourth-order valence-electron chi connectivity index (χ4n) is 2.74. The number of aromatic nitrogens is 1. The summed E-state index contributed by atoms with van der Waals surface area (Å²) in [5.74, 6) is 0.711. The van der Waals surface area contributed by atoms with E-state index in [-0.39, 0.29) is 11.2 Å². The first kappa shape index (κ1) is 14.3. The lowest BCUT2D eigenvalue weighted by molar-refractivity contribution is 0.169. The van der Waals surface area contributed by atoms with Crippen LogP contribution in [0.4, 0.5) is 0 Å². The predicted molar refractivity (Wildman–Crippen MR) is 73.3 cm³/mol. The molecule has 6 heteroatoms. The maximum atomic E-state index is 11.4. The van der Waals surface area contributed by atoms with Crippen LogP contribution in [0.25, 0.3) is 0 Å². The second kappa shape index (κ2) is 5.46. The molecule has 19 heavy (non-hydrogen) atoms. The lowest BCUT2D eigenvalue weighted by Gasteiger charge is -2.27. The van der Waals surface area contributed by atoms with Crippen molar-refractivity contribution in [2.75, 3.05) is 12.4 Å². The lowest BCUT2D eigenvalue weighted by Crippen LogP contribution is -2.36. The van der Waals surface area contributed by atoms with Gasteiger partial charge in [-0.15, -0.1) is 0 Å². The van der Waals surface area contributed by atoms with Gasteiger partial charge in [0.05, 0.1) is 18.1 Å². The zero-order valence-electron chi connectivity index (χ0n) is 11.1. The number of hydrogen-bond acceptors (Lipinski definition) is 4. The Labute approximate surface area is 114 Å². The van der Waals surface area contributed by atoms with Gasteiger partial charge in [-0.05, 0) is 31.9 Å². The summed E-state index contributed by atoms with van der Waals surface area (Å²) in [6.45, 7) is 2.26. The highest BCUT2D eigenvalue weighted by atomic mass is 32.2. The summed E-state index contributed by atoms with van der Waals surface area (Å²) in [6.07, 6.45) is 5.47. The number of rotatable bonds is 5. The highest BCUT2D eigenvalue weighted by Gasteiger charge is 2.38. The van der Waals surface area contributed by atoms with Crippen LogP contribution in [0.2, 0.25) is 0 Å². The molecule has 1 saturated carbocycles. The minimum atomic E-state index is -3.48. The topological polar surface area (TPSA) is 82.3 Å². The minimum Gasteiger partial charge on any atom is -0.491 e. The van der Waals surface area contributed by atoms with Crippen molar-refractivity contribution < 1.29 is 13.2 Å². The Morgan fingerprint density at radius 1 is 1.42 bits per heavy atom. The molecular weight excluding hydrogens is 264 g/mol. The van der Waals surface area contributed by atoms with E-state index in [0.29, 0.717) is 12.4 Å². The van der Waals surface area contributed by atoms with E-state index >= 15 is 0 Å². The van der Waals surface area contributed by atoms with Gasteiger partial charge in [0.15, 0.2) is 0 Å². The van der Waals surface area contributed by atoms with Gasteiger partial charge >= 0.3 is 0 Å². The van der Waals surface area contributed by atoms with E-state index in [4.69, 9.17) is 9.88 Å². The second-order valence-corrected chi connectivity index (χ2v) is 7.00. The van der Waals surface area contributed by atoms with Crippen molar-refractivity contribution in [3.05, 3.63) is 24.0 Å². The third-order valence-corrected chi connectivity index (χ3v) is 4.68.